The van der Waals surface area contributed by atoms with Gasteiger partial charge in [0.05, 0.1) is 30.0 Å². The molecule has 2 aromatic rings. The van der Waals surface area contributed by atoms with Crippen molar-refractivity contribution in [3.63, 3.8) is 0 Å². The Balaban J connectivity index is 1.80. The van der Waals surface area contributed by atoms with Crippen molar-refractivity contribution in [3.05, 3.63) is 69.8 Å². The van der Waals surface area contributed by atoms with Gasteiger partial charge in [-0.25, -0.2) is 0 Å². The number of nitro benzene ring substituents is 1. The van der Waals surface area contributed by atoms with Gasteiger partial charge in [-0.05, 0) is 24.1 Å². The van der Waals surface area contributed by atoms with Crippen LogP contribution in [0, 0.1) is 10.1 Å². The largest absolute Gasteiger partial charge is 0.497 e. The molecular weight excluding hydrogens is 404 g/mol. The van der Waals surface area contributed by atoms with E-state index in [-0.39, 0.29) is 16.8 Å². The predicted molar refractivity (Wildman–Crippen MR) is 118 cm³/mol. The lowest BCUT2D eigenvalue weighted by molar-refractivity contribution is -0.384. The number of amidine groups is 1. The van der Waals surface area contributed by atoms with E-state index in [9.17, 15) is 14.9 Å². The van der Waals surface area contributed by atoms with Crippen molar-refractivity contribution in [2.75, 3.05) is 7.11 Å². The minimum absolute atomic E-state index is 0.0128. The first-order valence-electron chi connectivity index (χ1n) is 9.48. The van der Waals surface area contributed by atoms with E-state index in [1.54, 1.807) is 24.1 Å². The lowest BCUT2D eigenvalue weighted by Gasteiger charge is -2.16. The van der Waals surface area contributed by atoms with E-state index in [4.69, 9.17) is 4.74 Å². The van der Waals surface area contributed by atoms with Crippen LogP contribution in [0.3, 0.4) is 0 Å². The third-order valence-electron chi connectivity index (χ3n) is 4.50. The number of hydrogen-bond donors (Lipinski definition) is 0. The maximum absolute atomic E-state index is 12.9. The number of carbonyl (C=O) groups excluding carboxylic acids is 1. The Labute approximate surface area is 178 Å². The number of methoxy groups -OCH3 is 1. The summed E-state index contributed by atoms with van der Waals surface area (Å²) in [6.07, 6.45) is 3.10. The molecule has 1 aliphatic heterocycles. The molecule has 0 saturated carbocycles. The molecule has 1 heterocycles. The zero-order chi connectivity index (χ0) is 21.5. The van der Waals surface area contributed by atoms with E-state index >= 15 is 0 Å². The van der Waals surface area contributed by atoms with E-state index in [0.29, 0.717) is 17.3 Å². The van der Waals surface area contributed by atoms with Crippen molar-refractivity contribution in [2.45, 2.75) is 31.6 Å². The van der Waals surface area contributed by atoms with Crippen molar-refractivity contribution in [1.29, 1.82) is 0 Å². The molecule has 8 nitrogen and oxygen atoms in total. The molecule has 3 rings (SSSR count). The summed E-state index contributed by atoms with van der Waals surface area (Å²) >= 11 is 1.40. The van der Waals surface area contributed by atoms with E-state index in [1.165, 1.54) is 30.1 Å². The minimum atomic E-state index is -0.458. The number of non-ortho nitro benzene ring substituents is 1. The second-order valence-corrected chi connectivity index (χ2v) is 7.82. The first kappa shape index (κ1) is 21.5. The second kappa shape index (κ2) is 10.0. The molecule has 0 N–H and O–H groups in total. The van der Waals surface area contributed by atoms with Crippen LogP contribution in [0.25, 0.3) is 0 Å². The van der Waals surface area contributed by atoms with Crippen LogP contribution in [0.1, 0.15) is 30.9 Å². The van der Waals surface area contributed by atoms with Crippen LogP contribution in [0.2, 0.25) is 0 Å². The lowest BCUT2D eigenvalue weighted by Crippen LogP contribution is -2.31. The van der Waals surface area contributed by atoms with Gasteiger partial charge in [-0.3, -0.25) is 19.8 Å². The maximum Gasteiger partial charge on any atom is 0.270 e. The average molecular weight is 426 g/mol. The van der Waals surface area contributed by atoms with E-state index in [2.05, 4.69) is 10.2 Å². The lowest BCUT2D eigenvalue weighted by atomic mass is 10.2. The quantitative estimate of drug-likeness (QED) is 0.357. The summed E-state index contributed by atoms with van der Waals surface area (Å²) in [5.74, 6) is 0.766. The number of amides is 1. The fourth-order valence-corrected chi connectivity index (χ4v) is 4.17. The summed E-state index contributed by atoms with van der Waals surface area (Å²) in [6, 6.07) is 13.7. The summed E-state index contributed by atoms with van der Waals surface area (Å²) in [6.45, 7) is 2.43. The fraction of sp³-hybridized carbons (Fsp3) is 0.286. The third-order valence-corrected chi connectivity index (χ3v) is 5.74. The summed E-state index contributed by atoms with van der Waals surface area (Å²) in [5.41, 5.74) is 1.51. The molecule has 0 radical (unpaired) electrons. The molecule has 0 bridgehead atoms. The summed E-state index contributed by atoms with van der Waals surface area (Å²) < 4.78 is 5.18. The molecule has 156 valence electrons. The summed E-state index contributed by atoms with van der Waals surface area (Å²) in [4.78, 5) is 24.9. The van der Waals surface area contributed by atoms with Crippen molar-refractivity contribution in [3.8, 4) is 5.75 Å². The van der Waals surface area contributed by atoms with Crippen LogP contribution in [-0.4, -0.2) is 39.5 Å². The first-order chi connectivity index (χ1) is 14.5. The number of nitrogens with zero attached hydrogens (tertiary/aromatic N) is 4. The molecule has 1 atom stereocenters. The zero-order valence-electron chi connectivity index (χ0n) is 16.7. The van der Waals surface area contributed by atoms with Crippen LogP contribution >= 0.6 is 11.8 Å². The van der Waals surface area contributed by atoms with Crippen LogP contribution in [0.4, 0.5) is 5.69 Å². The van der Waals surface area contributed by atoms with Crippen LogP contribution in [0.15, 0.2) is 58.7 Å². The number of rotatable bonds is 8. The smallest absolute Gasteiger partial charge is 0.270 e. The van der Waals surface area contributed by atoms with E-state index in [0.717, 1.165) is 24.2 Å². The molecule has 1 amide bonds. The Morgan fingerprint density at radius 1 is 1.27 bits per heavy atom. The highest BCUT2D eigenvalue weighted by Gasteiger charge is 2.37. The minimum Gasteiger partial charge on any atom is -0.497 e. The highest BCUT2D eigenvalue weighted by molar-refractivity contribution is 8.15. The SMILES string of the molecule is CCCC1S/C(=N\N=C\c2cccc([N+](=O)[O-])c2)N(Cc2ccc(OC)cc2)C1=O. The van der Waals surface area contributed by atoms with Gasteiger partial charge in [0.2, 0.25) is 5.91 Å². The number of carbonyl (C=O) groups is 1. The Morgan fingerprint density at radius 2 is 2.03 bits per heavy atom. The average Bonchev–Trinajstić information content (AvgIpc) is 3.04. The molecule has 1 saturated heterocycles. The zero-order valence-corrected chi connectivity index (χ0v) is 17.5. The van der Waals surface area contributed by atoms with Crippen LogP contribution < -0.4 is 4.74 Å². The Hall–Kier alpha value is -3.20. The molecule has 1 aliphatic rings. The number of nitro groups is 1. The van der Waals surface area contributed by atoms with E-state index in [1.807, 2.05) is 31.2 Å². The van der Waals surface area contributed by atoms with Crippen molar-refractivity contribution in [2.24, 2.45) is 10.2 Å². The molecule has 0 aliphatic carbocycles. The number of hydrogen-bond acceptors (Lipinski definition) is 7. The number of ether oxygens (including phenoxy) is 1. The third kappa shape index (κ3) is 5.24. The number of thioether (sulfide) groups is 1. The Morgan fingerprint density at radius 3 is 2.70 bits per heavy atom. The molecule has 2 aromatic carbocycles. The van der Waals surface area contributed by atoms with Gasteiger partial charge in [0.15, 0.2) is 5.17 Å². The predicted octanol–water partition coefficient (Wildman–Crippen LogP) is 4.24. The van der Waals surface area contributed by atoms with Gasteiger partial charge in [-0.1, -0.05) is 49.4 Å². The maximum atomic E-state index is 12.9. The Kier molecular flexibility index (Phi) is 7.18. The molecule has 9 heteroatoms. The van der Waals surface area contributed by atoms with Gasteiger partial charge in [0.1, 0.15) is 5.75 Å². The van der Waals surface area contributed by atoms with E-state index < -0.39 is 4.92 Å². The monoisotopic (exact) mass is 426 g/mol. The summed E-state index contributed by atoms with van der Waals surface area (Å²) in [5, 5.41) is 19.6. The molecule has 30 heavy (non-hydrogen) atoms. The summed E-state index contributed by atoms with van der Waals surface area (Å²) in [7, 11) is 1.61. The Bertz CT molecular complexity index is 975. The van der Waals surface area contributed by atoms with Gasteiger partial charge < -0.3 is 4.74 Å². The normalized spacial score (nSPS) is 17.8. The van der Waals surface area contributed by atoms with Gasteiger partial charge in [-0.2, -0.15) is 5.10 Å². The molecule has 1 unspecified atom stereocenters. The van der Waals surface area contributed by atoms with Gasteiger partial charge in [-0.15, -0.1) is 5.10 Å². The van der Waals surface area contributed by atoms with Crippen molar-refractivity contribution >= 4 is 34.7 Å². The molecule has 0 aromatic heterocycles. The van der Waals surface area contributed by atoms with Crippen LogP contribution in [-0.2, 0) is 11.3 Å². The standard InChI is InChI=1S/C21H22N4O4S/c1-3-5-19-20(26)24(14-15-8-10-18(29-2)11-9-15)21(30-19)23-22-13-16-6-4-7-17(12-16)25(27)28/h4,6-13,19H,3,5,14H2,1-2H3/b22-13+,23-21-. The first-order valence-corrected chi connectivity index (χ1v) is 10.4. The van der Waals surface area contributed by atoms with Crippen molar-refractivity contribution < 1.29 is 14.5 Å². The van der Waals surface area contributed by atoms with Gasteiger partial charge in [0.25, 0.3) is 5.69 Å². The molecular formula is C21H22N4O4S. The van der Waals surface area contributed by atoms with Crippen LogP contribution in [0.5, 0.6) is 5.75 Å². The topological polar surface area (TPSA) is 97.4 Å². The van der Waals surface area contributed by atoms with Gasteiger partial charge in [0, 0.05) is 17.7 Å². The second-order valence-electron chi connectivity index (χ2n) is 6.65. The highest BCUT2D eigenvalue weighted by atomic mass is 32.2. The fourth-order valence-electron chi connectivity index (χ4n) is 2.95. The molecule has 1 fully saturated rings. The van der Waals surface area contributed by atoms with Crippen molar-refractivity contribution in [1.82, 2.24) is 4.90 Å². The highest BCUT2D eigenvalue weighted by Crippen LogP contribution is 2.32. The number of benzene rings is 2. The van der Waals surface area contributed by atoms with Gasteiger partial charge >= 0.3 is 0 Å². The molecule has 0 spiro atoms.